The van der Waals surface area contributed by atoms with Crippen LogP contribution in [0.4, 0.5) is 5.69 Å². The van der Waals surface area contributed by atoms with Gasteiger partial charge in [-0.2, -0.15) is 0 Å². The number of aromatic nitrogens is 1. The Hall–Kier alpha value is -2.11. The summed E-state index contributed by atoms with van der Waals surface area (Å²) in [5.41, 5.74) is 5.02. The molecule has 3 heterocycles. The smallest absolute Gasteiger partial charge is 0.119 e. The number of aryl methyl sites for hydroxylation is 2. The number of hydrogen-bond donors (Lipinski definition) is 1. The van der Waals surface area contributed by atoms with E-state index in [-0.39, 0.29) is 0 Å². The van der Waals surface area contributed by atoms with Crippen molar-refractivity contribution in [1.82, 2.24) is 15.2 Å². The lowest BCUT2D eigenvalue weighted by Gasteiger charge is -2.36. The molecule has 0 bridgehead atoms. The van der Waals surface area contributed by atoms with Crippen LogP contribution in [0.2, 0.25) is 0 Å². The van der Waals surface area contributed by atoms with Gasteiger partial charge in [-0.1, -0.05) is 17.7 Å². The molecule has 0 aliphatic carbocycles. The van der Waals surface area contributed by atoms with Gasteiger partial charge in [-0.3, -0.25) is 9.88 Å². The molecule has 4 rings (SSSR count). The molecule has 0 radical (unpaired) electrons. The lowest BCUT2D eigenvalue weighted by atomic mass is 10.0. The van der Waals surface area contributed by atoms with Crippen LogP contribution < -0.4 is 15.0 Å². The van der Waals surface area contributed by atoms with E-state index in [0.717, 1.165) is 70.3 Å². The van der Waals surface area contributed by atoms with Crippen LogP contribution in [0.5, 0.6) is 5.75 Å². The average Bonchev–Trinajstić information content (AvgIpc) is 3.28. The van der Waals surface area contributed by atoms with Gasteiger partial charge in [0.2, 0.25) is 0 Å². The molecule has 1 aromatic carbocycles. The number of anilines is 1. The molecule has 0 unspecified atom stereocenters. The van der Waals surface area contributed by atoms with E-state index in [2.05, 4.69) is 65.4 Å². The number of nitrogens with one attached hydrogen (secondary N) is 1. The van der Waals surface area contributed by atoms with Crippen molar-refractivity contribution in [3.05, 3.63) is 53.3 Å². The number of nitrogens with zero attached hydrogens (tertiary/aromatic N) is 3. The fourth-order valence-electron chi connectivity index (χ4n) is 4.32. The second kappa shape index (κ2) is 9.59. The van der Waals surface area contributed by atoms with Crippen LogP contribution in [-0.4, -0.2) is 62.3 Å². The number of piperazine rings is 1. The average molecular weight is 395 g/mol. The molecule has 2 aliphatic rings. The van der Waals surface area contributed by atoms with Gasteiger partial charge in [-0.25, -0.2) is 0 Å². The molecule has 2 saturated heterocycles. The van der Waals surface area contributed by atoms with Gasteiger partial charge in [0.1, 0.15) is 5.75 Å². The Labute approximate surface area is 175 Å². The Morgan fingerprint density at radius 3 is 2.59 bits per heavy atom. The predicted molar refractivity (Wildman–Crippen MR) is 119 cm³/mol. The quantitative estimate of drug-likeness (QED) is 0.729. The van der Waals surface area contributed by atoms with Crippen molar-refractivity contribution < 1.29 is 4.74 Å². The molecular formula is C24H34N4O. The van der Waals surface area contributed by atoms with Crippen molar-refractivity contribution in [2.45, 2.75) is 32.6 Å². The normalized spacial score (nSPS) is 20.2. The van der Waals surface area contributed by atoms with Crippen molar-refractivity contribution >= 4 is 5.69 Å². The summed E-state index contributed by atoms with van der Waals surface area (Å²) in [4.78, 5) is 9.90. The first-order valence-corrected chi connectivity index (χ1v) is 11.0. The molecular weight excluding hydrogens is 360 g/mol. The second-order valence-corrected chi connectivity index (χ2v) is 8.43. The third kappa shape index (κ3) is 5.49. The second-order valence-electron chi connectivity index (χ2n) is 8.43. The molecule has 1 aromatic heterocycles. The van der Waals surface area contributed by atoms with E-state index in [0.29, 0.717) is 5.92 Å². The lowest BCUT2D eigenvalue weighted by Crippen LogP contribution is -2.46. The van der Waals surface area contributed by atoms with Crippen molar-refractivity contribution in [2.75, 3.05) is 57.3 Å². The van der Waals surface area contributed by atoms with Crippen LogP contribution in [0.25, 0.3) is 0 Å². The molecule has 156 valence electrons. The molecule has 5 nitrogen and oxygen atoms in total. The molecule has 0 saturated carbocycles. The van der Waals surface area contributed by atoms with E-state index in [1.165, 1.54) is 23.4 Å². The van der Waals surface area contributed by atoms with E-state index in [1.807, 2.05) is 0 Å². The SMILES string of the molecule is Cc1ccc(OCCCN2CCN(c3cc(C)nc([C@@H]4CCNC4)c3)CC2)cc1. The van der Waals surface area contributed by atoms with Gasteiger partial charge in [0.15, 0.2) is 0 Å². The Balaban J connectivity index is 1.22. The fourth-order valence-corrected chi connectivity index (χ4v) is 4.32. The topological polar surface area (TPSA) is 40.6 Å². The minimum Gasteiger partial charge on any atom is -0.494 e. The highest BCUT2D eigenvalue weighted by atomic mass is 16.5. The molecule has 1 N–H and O–H groups in total. The zero-order chi connectivity index (χ0) is 20.1. The Kier molecular flexibility index (Phi) is 6.67. The summed E-state index contributed by atoms with van der Waals surface area (Å²) in [7, 11) is 0. The minimum atomic E-state index is 0.573. The number of hydrogen-bond acceptors (Lipinski definition) is 5. The van der Waals surface area contributed by atoms with Gasteiger partial charge in [-0.05, 0) is 57.5 Å². The van der Waals surface area contributed by atoms with Gasteiger partial charge in [0, 0.05) is 62.3 Å². The predicted octanol–water partition coefficient (Wildman–Crippen LogP) is 3.37. The van der Waals surface area contributed by atoms with Gasteiger partial charge >= 0.3 is 0 Å². The Bertz CT molecular complexity index is 778. The summed E-state index contributed by atoms with van der Waals surface area (Å²) in [6.07, 6.45) is 2.27. The minimum absolute atomic E-state index is 0.573. The number of benzene rings is 1. The molecule has 29 heavy (non-hydrogen) atoms. The first-order valence-electron chi connectivity index (χ1n) is 11.0. The third-order valence-electron chi connectivity index (χ3n) is 6.08. The highest BCUT2D eigenvalue weighted by molar-refractivity contribution is 5.49. The number of ether oxygens (including phenoxy) is 1. The zero-order valence-electron chi connectivity index (χ0n) is 17.9. The first kappa shape index (κ1) is 20.2. The largest absolute Gasteiger partial charge is 0.494 e. The van der Waals surface area contributed by atoms with Gasteiger partial charge in [-0.15, -0.1) is 0 Å². The summed E-state index contributed by atoms with van der Waals surface area (Å²) in [6.45, 7) is 12.7. The van der Waals surface area contributed by atoms with Gasteiger partial charge in [0.05, 0.1) is 6.61 Å². The number of rotatable bonds is 7. The van der Waals surface area contributed by atoms with Crippen molar-refractivity contribution in [2.24, 2.45) is 0 Å². The molecule has 2 fully saturated rings. The van der Waals surface area contributed by atoms with Crippen LogP contribution in [0.3, 0.4) is 0 Å². The van der Waals surface area contributed by atoms with E-state index in [1.54, 1.807) is 0 Å². The van der Waals surface area contributed by atoms with Crippen LogP contribution in [-0.2, 0) is 0 Å². The molecule has 2 aliphatic heterocycles. The Morgan fingerprint density at radius 2 is 1.86 bits per heavy atom. The van der Waals surface area contributed by atoms with Crippen molar-refractivity contribution in [3.8, 4) is 5.75 Å². The van der Waals surface area contributed by atoms with Crippen LogP contribution >= 0.6 is 0 Å². The highest BCUT2D eigenvalue weighted by Crippen LogP contribution is 2.26. The zero-order valence-corrected chi connectivity index (χ0v) is 17.9. The maximum Gasteiger partial charge on any atom is 0.119 e. The van der Waals surface area contributed by atoms with E-state index < -0.39 is 0 Å². The van der Waals surface area contributed by atoms with Crippen LogP contribution in [0.1, 0.15) is 35.7 Å². The standard InChI is InChI=1S/C24H34N4O/c1-19-4-6-23(7-5-19)29-15-3-10-27-11-13-28(14-12-27)22-16-20(2)26-24(17-22)21-8-9-25-18-21/h4-7,16-17,21,25H,3,8-15,18H2,1-2H3/t21-/m1/s1. The monoisotopic (exact) mass is 394 g/mol. The maximum atomic E-state index is 5.87. The summed E-state index contributed by atoms with van der Waals surface area (Å²) in [5.74, 6) is 1.55. The fraction of sp³-hybridized carbons (Fsp3) is 0.542. The van der Waals surface area contributed by atoms with E-state index in [4.69, 9.17) is 9.72 Å². The molecule has 5 heteroatoms. The Morgan fingerprint density at radius 1 is 1.07 bits per heavy atom. The molecule has 1 atom stereocenters. The first-order chi connectivity index (χ1) is 14.2. The van der Waals surface area contributed by atoms with Crippen molar-refractivity contribution in [1.29, 1.82) is 0 Å². The molecule has 0 amide bonds. The highest BCUT2D eigenvalue weighted by Gasteiger charge is 2.21. The molecule has 0 spiro atoms. The van der Waals surface area contributed by atoms with E-state index >= 15 is 0 Å². The third-order valence-corrected chi connectivity index (χ3v) is 6.08. The van der Waals surface area contributed by atoms with Crippen molar-refractivity contribution in [3.63, 3.8) is 0 Å². The van der Waals surface area contributed by atoms with Crippen LogP contribution in [0.15, 0.2) is 36.4 Å². The summed E-state index contributed by atoms with van der Waals surface area (Å²) >= 11 is 0. The molecule has 2 aromatic rings. The maximum absolute atomic E-state index is 5.87. The summed E-state index contributed by atoms with van der Waals surface area (Å²) in [6, 6.07) is 12.9. The van der Waals surface area contributed by atoms with Crippen LogP contribution in [0, 0.1) is 13.8 Å². The van der Waals surface area contributed by atoms with Gasteiger partial charge in [0.25, 0.3) is 0 Å². The lowest BCUT2D eigenvalue weighted by molar-refractivity contribution is 0.224. The number of pyridine rings is 1. The van der Waals surface area contributed by atoms with E-state index in [9.17, 15) is 0 Å². The van der Waals surface area contributed by atoms with Gasteiger partial charge < -0.3 is 15.0 Å². The summed E-state index contributed by atoms with van der Waals surface area (Å²) < 4.78 is 5.87. The summed E-state index contributed by atoms with van der Waals surface area (Å²) in [5, 5.41) is 3.46.